The Morgan fingerprint density at radius 1 is 0.388 bits per heavy atom. The SMILES string of the molecule is c1ccc(-c2ccc(N(c3ccc(-c4ccc(-c5cccc6c5-c5ccccc5C65C6CC7CC8CC5C7C8C6)cc4)cc3)c3ccc(-n4c5ccccc5c5ccccc54)cc3)cc2)cc1. The van der Waals surface area contributed by atoms with E-state index in [9.17, 15) is 0 Å². The number of benzene rings is 9. The van der Waals surface area contributed by atoms with Gasteiger partial charge in [0.1, 0.15) is 0 Å². The molecule has 9 aromatic carbocycles. The maximum atomic E-state index is 2.54. The van der Waals surface area contributed by atoms with Gasteiger partial charge in [0.05, 0.1) is 11.0 Å². The van der Waals surface area contributed by atoms with E-state index in [-0.39, 0.29) is 5.41 Å². The molecule has 1 spiro atoms. The molecule has 7 unspecified atom stereocenters. The van der Waals surface area contributed by atoms with E-state index in [4.69, 9.17) is 0 Å². The highest BCUT2D eigenvalue weighted by molar-refractivity contribution is 6.09. The highest BCUT2D eigenvalue weighted by Gasteiger charge is 2.71. The molecule has 2 nitrogen and oxygen atoms in total. The molecule has 2 heteroatoms. The van der Waals surface area contributed by atoms with Crippen molar-refractivity contribution < 1.29 is 0 Å². The number of hydrogen-bond acceptors (Lipinski definition) is 1. The molecule has 0 aliphatic heterocycles. The summed E-state index contributed by atoms with van der Waals surface area (Å²) < 4.78 is 2.39. The number of nitrogens with zero attached hydrogens (tertiary/aromatic N) is 2. The molecule has 7 atom stereocenters. The molecule has 5 fully saturated rings. The number of aromatic nitrogens is 1. The highest BCUT2D eigenvalue weighted by Crippen LogP contribution is 2.78. The summed E-state index contributed by atoms with van der Waals surface area (Å²) in [6, 6.07) is 81.6. The average Bonchev–Trinajstić information content (AvgIpc) is 4.07. The lowest BCUT2D eigenvalue weighted by atomic mass is 9.45. The molecule has 0 amide bonds. The molecule has 1 heterocycles. The zero-order chi connectivity index (χ0) is 43.8. The van der Waals surface area contributed by atoms with Crippen molar-refractivity contribution in [1.82, 2.24) is 4.57 Å². The first-order valence-corrected chi connectivity index (χ1v) is 24.7. The Bertz CT molecular complexity index is 3490. The minimum atomic E-state index is 0.197. The maximum Gasteiger partial charge on any atom is 0.0541 e. The number of rotatable bonds is 7. The smallest absolute Gasteiger partial charge is 0.0541 e. The molecule has 0 radical (unpaired) electrons. The zero-order valence-corrected chi connectivity index (χ0v) is 37.5. The van der Waals surface area contributed by atoms with Crippen molar-refractivity contribution in [3.8, 4) is 50.2 Å². The fourth-order valence-electron chi connectivity index (χ4n) is 15.3. The number of anilines is 3. The third-order valence-electron chi connectivity index (χ3n) is 17.6. The van der Waals surface area contributed by atoms with Crippen LogP contribution < -0.4 is 4.90 Å². The molecule has 16 rings (SSSR count). The number of hydrogen-bond donors (Lipinski definition) is 0. The van der Waals surface area contributed by atoms with Gasteiger partial charge in [-0.1, -0.05) is 158 Å². The molecule has 0 N–H and O–H groups in total. The molecule has 6 aliphatic rings. The predicted octanol–water partition coefficient (Wildman–Crippen LogP) is 16.8. The number of para-hydroxylation sites is 2. The van der Waals surface area contributed by atoms with Crippen LogP contribution in [0.1, 0.15) is 36.8 Å². The highest BCUT2D eigenvalue weighted by atomic mass is 15.1. The average molecular weight is 859 g/mol. The van der Waals surface area contributed by atoms with Gasteiger partial charge in [-0.3, -0.25) is 0 Å². The van der Waals surface area contributed by atoms with Crippen LogP contribution in [0.4, 0.5) is 17.1 Å². The minimum Gasteiger partial charge on any atom is -0.311 e. The Kier molecular flexibility index (Phi) is 8.05. The molecular weight excluding hydrogens is 809 g/mol. The van der Waals surface area contributed by atoms with Crippen molar-refractivity contribution in [3.63, 3.8) is 0 Å². The van der Waals surface area contributed by atoms with Gasteiger partial charge in [0.2, 0.25) is 0 Å². The molecule has 5 saturated carbocycles. The molecular formula is C65H50N2. The van der Waals surface area contributed by atoms with Gasteiger partial charge >= 0.3 is 0 Å². The summed E-state index contributed by atoms with van der Waals surface area (Å²) in [6.45, 7) is 0. The quantitative estimate of drug-likeness (QED) is 0.155. The van der Waals surface area contributed by atoms with Crippen LogP contribution in [0.3, 0.4) is 0 Å². The van der Waals surface area contributed by atoms with Crippen molar-refractivity contribution in [2.45, 2.75) is 31.1 Å². The standard InChI is InChI=1S/C65H50N2/c1-2-11-41(12-3-1)43-25-29-49(30-26-43)66(51-33-35-52(36-34-51)67-61-19-8-5-13-54(61)55-14-6-9-20-62(55)67)50-31-27-44(28-32-50)42-21-23-45(24-22-42)53-16-10-18-59-64(53)56-15-4-7-17-58(56)65(59)48-38-47-37-46-39-60(65)63(47)57(46)40-48/h1-36,46-48,57,60,63H,37-40H2. The maximum absolute atomic E-state index is 2.54. The van der Waals surface area contributed by atoms with Crippen LogP contribution in [0.5, 0.6) is 0 Å². The van der Waals surface area contributed by atoms with Crippen LogP contribution in [0.15, 0.2) is 218 Å². The molecule has 67 heavy (non-hydrogen) atoms. The van der Waals surface area contributed by atoms with E-state index in [0.29, 0.717) is 0 Å². The Balaban J connectivity index is 0.774. The lowest BCUT2D eigenvalue weighted by Gasteiger charge is -2.58. The molecule has 6 aliphatic carbocycles. The predicted molar refractivity (Wildman–Crippen MR) is 277 cm³/mol. The van der Waals surface area contributed by atoms with Crippen molar-refractivity contribution in [1.29, 1.82) is 0 Å². The van der Waals surface area contributed by atoms with E-state index >= 15 is 0 Å². The van der Waals surface area contributed by atoms with Gasteiger partial charge in [-0.25, -0.2) is 0 Å². The van der Waals surface area contributed by atoms with Gasteiger partial charge in [0.15, 0.2) is 0 Å². The van der Waals surface area contributed by atoms with Crippen molar-refractivity contribution in [2.75, 3.05) is 4.90 Å². The first-order valence-electron chi connectivity index (χ1n) is 24.7. The second-order valence-electron chi connectivity index (χ2n) is 20.4. The lowest BCUT2D eigenvalue weighted by molar-refractivity contribution is -0.0173. The summed E-state index contributed by atoms with van der Waals surface area (Å²) in [6.07, 6.45) is 5.85. The summed E-state index contributed by atoms with van der Waals surface area (Å²) in [5.41, 5.74) is 21.0. The fraction of sp³-hybridized carbons (Fsp3) is 0.169. The van der Waals surface area contributed by atoms with Gasteiger partial charge in [0.25, 0.3) is 0 Å². The third kappa shape index (κ3) is 5.33. The second-order valence-corrected chi connectivity index (χ2v) is 20.4. The Morgan fingerprint density at radius 2 is 0.910 bits per heavy atom. The third-order valence-corrected chi connectivity index (χ3v) is 17.6. The Morgan fingerprint density at radius 3 is 1.57 bits per heavy atom. The van der Waals surface area contributed by atoms with E-state index in [1.807, 2.05) is 0 Å². The van der Waals surface area contributed by atoms with Crippen LogP contribution >= 0.6 is 0 Å². The first-order chi connectivity index (χ1) is 33.2. The Hall–Kier alpha value is -7.42. The lowest BCUT2D eigenvalue weighted by Crippen LogP contribution is -2.54. The summed E-state index contributed by atoms with van der Waals surface area (Å²) >= 11 is 0. The normalized spacial score (nSPS) is 23.6. The van der Waals surface area contributed by atoms with Crippen molar-refractivity contribution >= 4 is 38.9 Å². The van der Waals surface area contributed by atoms with Gasteiger partial charge in [-0.2, -0.15) is 0 Å². The number of fused-ring (bicyclic) bond motifs is 6. The molecule has 320 valence electrons. The molecule has 0 saturated heterocycles. The summed E-state index contributed by atoms with van der Waals surface area (Å²) in [5.74, 6) is 5.49. The van der Waals surface area contributed by atoms with Crippen LogP contribution in [-0.2, 0) is 5.41 Å². The van der Waals surface area contributed by atoms with Gasteiger partial charge in [0, 0.05) is 38.9 Å². The van der Waals surface area contributed by atoms with E-state index in [1.54, 1.807) is 11.1 Å². The Labute approximate surface area is 392 Å². The summed E-state index contributed by atoms with van der Waals surface area (Å²) in [5, 5.41) is 2.54. The summed E-state index contributed by atoms with van der Waals surface area (Å²) in [4.78, 5) is 2.38. The largest absolute Gasteiger partial charge is 0.311 e. The fourth-order valence-corrected chi connectivity index (χ4v) is 15.3. The minimum absolute atomic E-state index is 0.197. The zero-order valence-electron chi connectivity index (χ0n) is 37.5. The molecule has 1 aromatic heterocycles. The molecule has 6 bridgehead atoms. The summed E-state index contributed by atoms with van der Waals surface area (Å²) in [7, 11) is 0. The second kappa shape index (κ2) is 14.3. The van der Waals surface area contributed by atoms with Gasteiger partial charge in [-0.15, -0.1) is 0 Å². The van der Waals surface area contributed by atoms with Crippen molar-refractivity contribution in [2.24, 2.45) is 35.5 Å². The van der Waals surface area contributed by atoms with Gasteiger partial charge < -0.3 is 9.47 Å². The van der Waals surface area contributed by atoms with Crippen LogP contribution in [-0.4, -0.2) is 4.57 Å². The van der Waals surface area contributed by atoms with Gasteiger partial charge in [-0.05, 0) is 177 Å². The van der Waals surface area contributed by atoms with Crippen LogP contribution in [0.2, 0.25) is 0 Å². The van der Waals surface area contributed by atoms with Crippen LogP contribution in [0, 0.1) is 35.5 Å². The molecule has 10 aromatic rings. The first kappa shape index (κ1) is 37.8. The van der Waals surface area contributed by atoms with Crippen LogP contribution in [0.25, 0.3) is 72.0 Å². The van der Waals surface area contributed by atoms with E-state index < -0.39 is 0 Å². The van der Waals surface area contributed by atoms with E-state index in [0.717, 1.165) is 58.3 Å². The van der Waals surface area contributed by atoms with E-state index in [1.165, 1.54) is 92.0 Å². The van der Waals surface area contributed by atoms with E-state index in [2.05, 4.69) is 228 Å². The monoisotopic (exact) mass is 858 g/mol. The van der Waals surface area contributed by atoms with Crippen molar-refractivity contribution in [3.05, 3.63) is 230 Å². The topological polar surface area (TPSA) is 8.17 Å².